The van der Waals surface area contributed by atoms with E-state index in [9.17, 15) is 9.59 Å². The van der Waals surface area contributed by atoms with Crippen LogP contribution in [0, 0.1) is 0 Å². The van der Waals surface area contributed by atoms with Crippen molar-refractivity contribution in [1.82, 2.24) is 4.90 Å². The molecule has 6 nitrogen and oxygen atoms in total. The molecule has 1 fully saturated rings. The van der Waals surface area contributed by atoms with Crippen LogP contribution in [0.2, 0.25) is 0 Å². The Morgan fingerprint density at radius 3 is 2.33 bits per heavy atom. The maximum Gasteiger partial charge on any atom is 0.410 e. The van der Waals surface area contributed by atoms with Crippen molar-refractivity contribution in [2.24, 2.45) is 5.73 Å². The third-order valence-electron chi connectivity index (χ3n) is 3.46. The minimum atomic E-state index is -0.718. The van der Waals surface area contributed by atoms with Crippen molar-refractivity contribution < 1.29 is 19.1 Å². The highest BCUT2D eigenvalue weighted by atomic mass is 16.6. The average Bonchev–Trinajstić information content (AvgIpc) is 2.54. The first-order valence-electron chi connectivity index (χ1n) is 8.53. The molecule has 2 N–H and O–H groups in total. The number of primary amides is 1. The van der Waals surface area contributed by atoms with E-state index in [2.05, 4.69) is 10.8 Å². The molecule has 136 valence electrons. The monoisotopic (exact) mass is 338 g/mol. The van der Waals surface area contributed by atoms with E-state index in [-0.39, 0.29) is 11.7 Å². The van der Waals surface area contributed by atoms with Gasteiger partial charge in [0.15, 0.2) is 0 Å². The molecule has 2 rings (SSSR count). The molecule has 6 heteroatoms. The van der Waals surface area contributed by atoms with Gasteiger partial charge in [-0.15, -0.1) is 0 Å². The Labute approximate surface area is 144 Å². The second kappa shape index (κ2) is 10.0. The zero-order valence-corrected chi connectivity index (χ0v) is 15.0. The summed E-state index contributed by atoms with van der Waals surface area (Å²) < 4.78 is 9.86. The first-order valence-corrected chi connectivity index (χ1v) is 8.53. The standard InChI is InChI=1S/C10H19NO2.C8H11NO2/c1-10(2,3)13-9(12)11-7-5-4-6-8-11;9-8(10)11-6-7-4-2-1-3-5-7/h4-8H2,1-3H3;2,4-5H,1,3,6H2,(H2,9,10). The van der Waals surface area contributed by atoms with Crippen molar-refractivity contribution in [3.05, 3.63) is 23.8 Å². The Bertz CT molecular complexity index is 472. The molecule has 0 aromatic carbocycles. The van der Waals surface area contributed by atoms with Crippen LogP contribution in [0.3, 0.4) is 0 Å². The molecular formula is C18H30N2O4. The lowest BCUT2D eigenvalue weighted by Crippen LogP contribution is -2.39. The Hall–Kier alpha value is -1.98. The van der Waals surface area contributed by atoms with Crippen molar-refractivity contribution in [3.63, 3.8) is 0 Å². The number of nitrogens with two attached hydrogens (primary N) is 1. The van der Waals surface area contributed by atoms with Crippen LogP contribution in [-0.4, -0.2) is 42.4 Å². The highest BCUT2D eigenvalue weighted by molar-refractivity contribution is 5.68. The van der Waals surface area contributed by atoms with Gasteiger partial charge in [0, 0.05) is 13.1 Å². The number of hydrogen-bond acceptors (Lipinski definition) is 4. The van der Waals surface area contributed by atoms with Gasteiger partial charge in [0.05, 0.1) is 0 Å². The molecule has 0 saturated carbocycles. The normalized spacial score (nSPS) is 17.3. The zero-order chi connectivity index (χ0) is 18.0. The molecule has 1 aliphatic heterocycles. The van der Waals surface area contributed by atoms with Gasteiger partial charge in [-0.05, 0) is 58.4 Å². The topological polar surface area (TPSA) is 81.9 Å². The first kappa shape index (κ1) is 20.1. The number of likely N-dealkylation sites (tertiary alicyclic amines) is 1. The smallest absolute Gasteiger partial charge is 0.410 e. The second-order valence-corrected chi connectivity index (χ2v) is 6.89. The molecule has 1 aliphatic carbocycles. The largest absolute Gasteiger partial charge is 0.445 e. The summed E-state index contributed by atoms with van der Waals surface area (Å²) >= 11 is 0. The molecule has 0 atom stereocenters. The molecule has 0 radical (unpaired) electrons. The molecule has 0 bridgehead atoms. The molecule has 1 saturated heterocycles. The Morgan fingerprint density at radius 1 is 1.17 bits per heavy atom. The Morgan fingerprint density at radius 2 is 1.83 bits per heavy atom. The van der Waals surface area contributed by atoms with Crippen molar-refractivity contribution in [2.45, 2.75) is 58.5 Å². The number of hydrogen-bond donors (Lipinski definition) is 1. The summed E-state index contributed by atoms with van der Waals surface area (Å²) in [7, 11) is 0. The van der Waals surface area contributed by atoms with Crippen LogP contribution in [0.15, 0.2) is 23.8 Å². The summed E-state index contributed by atoms with van der Waals surface area (Å²) in [6, 6.07) is 0. The van der Waals surface area contributed by atoms with E-state index >= 15 is 0 Å². The molecule has 24 heavy (non-hydrogen) atoms. The van der Waals surface area contributed by atoms with Crippen molar-refractivity contribution in [3.8, 4) is 0 Å². The SMILES string of the molecule is CC(C)(C)OC(=O)N1CCCCC1.NC(=O)OCC1=CCCC=C1. The number of carbonyl (C=O) groups excluding carboxylic acids is 2. The van der Waals surface area contributed by atoms with Gasteiger partial charge >= 0.3 is 12.2 Å². The van der Waals surface area contributed by atoms with E-state index in [1.807, 2.05) is 32.9 Å². The van der Waals surface area contributed by atoms with Crippen molar-refractivity contribution >= 4 is 12.2 Å². The van der Waals surface area contributed by atoms with Gasteiger partial charge in [-0.1, -0.05) is 18.2 Å². The lowest BCUT2D eigenvalue weighted by molar-refractivity contribution is 0.0216. The summed E-state index contributed by atoms with van der Waals surface area (Å²) in [6.07, 6.45) is 10.7. The predicted molar refractivity (Wildman–Crippen MR) is 93.7 cm³/mol. The third-order valence-corrected chi connectivity index (χ3v) is 3.46. The maximum absolute atomic E-state index is 11.5. The molecule has 1 heterocycles. The fourth-order valence-corrected chi connectivity index (χ4v) is 2.33. The molecule has 2 aliphatic rings. The molecular weight excluding hydrogens is 308 g/mol. The van der Waals surface area contributed by atoms with E-state index in [0.717, 1.165) is 44.3 Å². The average molecular weight is 338 g/mol. The predicted octanol–water partition coefficient (Wildman–Crippen LogP) is 3.77. The summed E-state index contributed by atoms with van der Waals surface area (Å²) in [5.41, 5.74) is 5.45. The number of amides is 2. The van der Waals surface area contributed by atoms with E-state index < -0.39 is 6.09 Å². The van der Waals surface area contributed by atoms with E-state index in [1.165, 1.54) is 6.42 Å². The van der Waals surface area contributed by atoms with Crippen LogP contribution in [0.4, 0.5) is 9.59 Å². The summed E-state index contributed by atoms with van der Waals surface area (Å²) in [5.74, 6) is 0. The van der Waals surface area contributed by atoms with Crippen LogP contribution in [-0.2, 0) is 9.47 Å². The molecule has 0 aromatic rings. The maximum atomic E-state index is 11.5. The molecule has 2 amide bonds. The van der Waals surface area contributed by atoms with Crippen molar-refractivity contribution in [1.29, 1.82) is 0 Å². The molecule has 0 aromatic heterocycles. The zero-order valence-electron chi connectivity index (χ0n) is 15.0. The molecule has 0 spiro atoms. The minimum Gasteiger partial charge on any atom is -0.445 e. The van der Waals surface area contributed by atoms with E-state index in [1.54, 1.807) is 4.90 Å². The second-order valence-electron chi connectivity index (χ2n) is 6.89. The van der Waals surface area contributed by atoms with Crippen LogP contribution in [0.5, 0.6) is 0 Å². The lowest BCUT2D eigenvalue weighted by Gasteiger charge is -2.29. The van der Waals surface area contributed by atoms with Gasteiger partial charge in [0.1, 0.15) is 12.2 Å². The summed E-state index contributed by atoms with van der Waals surface area (Å²) in [5, 5.41) is 0. The van der Waals surface area contributed by atoms with E-state index in [4.69, 9.17) is 10.5 Å². The van der Waals surface area contributed by atoms with Crippen LogP contribution in [0.1, 0.15) is 52.9 Å². The lowest BCUT2D eigenvalue weighted by atomic mass is 10.1. The van der Waals surface area contributed by atoms with Gasteiger partial charge in [-0.25, -0.2) is 9.59 Å². The number of rotatable bonds is 2. The number of ether oxygens (including phenoxy) is 2. The number of allylic oxidation sites excluding steroid dienone is 2. The Balaban J connectivity index is 0.000000243. The Kier molecular flexibility index (Phi) is 8.36. The first-order chi connectivity index (χ1) is 11.3. The van der Waals surface area contributed by atoms with Gasteiger partial charge in [-0.3, -0.25) is 0 Å². The minimum absolute atomic E-state index is 0.160. The summed E-state index contributed by atoms with van der Waals surface area (Å²) in [6.45, 7) is 7.70. The van der Waals surface area contributed by atoms with Crippen molar-refractivity contribution in [2.75, 3.05) is 19.7 Å². The van der Waals surface area contributed by atoms with Gasteiger partial charge < -0.3 is 20.1 Å². The highest BCUT2D eigenvalue weighted by Crippen LogP contribution is 2.14. The third kappa shape index (κ3) is 9.22. The van der Waals surface area contributed by atoms with Crippen LogP contribution in [0.25, 0.3) is 0 Å². The molecule has 0 unspecified atom stereocenters. The van der Waals surface area contributed by atoms with Crippen LogP contribution < -0.4 is 5.73 Å². The fourth-order valence-electron chi connectivity index (χ4n) is 2.33. The van der Waals surface area contributed by atoms with Gasteiger partial charge in [0.25, 0.3) is 0 Å². The summed E-state index contributed by atoms with van der Waals surface area (Å²) in [4.78, 5) is 23.5. The number of nitrogens with zero attached hydrogens (tertiary/aromatic N) is 1. The fraction of sp³-hybridized carbons (Fsp3) is 0.667. The van der Waals surface area contributed by atoms with Gasteiger partial charge in [0.2, 0.25) is 0 Å². The highest BCUT2D eigenvalue weighted by Gasteiger charge is 2.22. The van der Waals surface area contributed by atoms with Gasteiger partial charge in [-0.2, -0.15) is 0 Å². The number of carbonyl (C=O) groups is 2. The quantitative estimate of drug-likeness (QED) is 0.831. The van der Waals surface area contributed by atoms with E-state index in [0.29, 0.717) is 6.61 Å². The van der Waals surface area contributed by atoms with Crippen LogP contribution >= 0.6 is 0 Å². The number of piperidine rings is 1.